The van der Waals surface area contributed by atoms with Crippen LogP contribution in [0.4, 0.5) is 0 Å². The van der Waals surface area contributed by atoms with Crippen LogP contribution in [-0.4, -0.2) is 38.5 Å². The van der Waals surface area contributed by atoms with Crippen LogP contribution in [0.2, 0.25) is 0 Å². The minimum atomic E-state index is -1.32. The van der Waals surface area contributed by atoms with Crippen molar-refractivity contribution < 1.29 is 13.7 Å². The fraction of sp³-hybridized carbons (Fsp3) is 0.125. The van der Waals surface area contributed by atoms with Gasteiger partial charge < -0.3 is 4.74 Å². The van der Waals surface area contributed by atoms with Crippen molar-refractivity contribution in [2.45, 2.75) is 5.16 Å². The molecule has 0 spiro atoms. The molecule has 0 saturated heterocycles. The lowest BCUT2D eigenvalue weighted by atomic mass is 10.0. The molecule has 6 nitrogen and oxygen atoms in total. The fourth-order valence-electron chi connectivity index (χ4n) is 2.18. The summed E-state index contributed by atoms with van der Waals surface area (Å²) in [4.78, 5) is 24.6. The molecule has 7 heteroatoms. The zero-order valence-corrected chi connectivity index (χ0v) is 13.3. The predicted octanol–water partition coefficient (Wildman–Crippen LogP) is 2.22. The smallest absolute Gasteiger partial charge is 0.357 e. The Morgan fingerprint density at radius 1 is 1.17 bits per heavy atom. The van der Waals surface area contributed by atoms with Gasteiger partial charge in [0.15, 0.2) is 11.3 Å². The standard InChI is InChI=1S/C16H13N3O3S/c1-22-15(20)13-12(10-6-4-3-5-7-10)8-11-9-17-16(23(2)21)19-14(11)18-13/h3-9H,1-2H3. The highest BCUT2D eigenvalue weighted by molar-refractivity contribution is 7.84. The number of carbonyl (C=O) groups is 1. The Balaban J connectivity index is 2.28. The van der Waals surface area contributed by atoms with E-state index in [1.54, 1.807) is 12.3 Å². The van der Waals surface area contributed by atoms with Crippen molar-refractivity contribution in [1.82, 2.24) is 15.0 Å². The van der Waals surface area contributed by atoms with Crippen LogP contribution in [0.3, 0.4) is 0 Å². The molecule has 0 saturated carbocycles. The van der Waals surface area contributed by atoms with Gasteiger partial charge in [-0.15, -0.1) is 0 Å². The number of hydrogen-bond donors (Lipinski definition) is 0. The molecule has 0 aliphatic carbocycles. The molecule has 2 heterocycles. The number of fused-ring (bicyclic) bond motifs is 1. The Kier molecular flexibility index (Phi) is 4.12. The fourth-order valence-corrected chi connectivity index (χ4v) is 2.59. The Bertz CT molecular complexity index is 913. The number of pyridine rings is 1. The van der Waals surface area contributed by atoms with E-state index in [4.69, 9.17) is 4.74 Å². The zero-order valence-electron chi connectivity index (χ0n) is 12.5. The monoisotopic (exact) mass is 327 g/mol. The van der Waals surface area contributed by atoms with E-state index in [1.807, 2.05) is 30.3 Å². The number of esters is 1. The lowest BCUT2D eigenvalue weighted by Gasteiger charge is -2.09. The van der Waals surface area contributed by atoms with Gasteiger partial charge in [0.1, 0.15) is 0 Å². The number of hydrogen-bond acceptors (Lipinski definition) is 6. The molecule has 0 fully saturated rings. The maximum atomic E-state index is 12.1. The molecule has 0 aliphatic rings. The Morgan fingerprint density at radius 2 is 1.91 bits per heavy atom. The molecule has 2 aromatic heterocycles. The summed E-state index contributed by atoms with van der Waals surface area (Å²) in [6, 6.07) is 11.2. The van der Waals surface area contributed by atoms with Crippen molar-refractivity contribution in [2.75, 3.05) is 13.4 Å². The van der Waals surface area contributed by atoms with Gasteiger partial charge in [-0.3, -0.25) is 4.21 Å². The lowest BCUT2D eigenvalue weighted by Crippen LogP contribution is -2.08. The van der Waals surface area contributed by atoms with Gasteiger partial charge in [0.2, 0.25) is 5.16 Å². The maximum absolute atomic E-state index is 12.1. The molecule has 0 aliphatic heterocycles. The maximum Gasteiger partial charge on any atom is 0.357 e. The van der Waals surface area contributed by atoms with E-state index in [2.05, 4.69) is 15.0 Å². The number of methoxy groups -OCH3 is 1. The number of ether oxygens (including phenoxy) is 1. The number of benzene rings is 1. The quantitative estimate of drug-likeness (QED) is 0.542. The molecule has 23 heavy (non-hydrogen) atoms. The molecule has 1 unspecified atom stereocenters. The number of nitrogens with zero attached hydrogens (tertiary/aromatic N) is 3. The van der Waals surface area contributed by atoms with Gasteiger partial charge in [0.05, 0.1) is 17.9 Å². The highest BCUT2D eigenvalue weighted by atomic mass is 32.2. The molecule has 1 atom stereocenters. The van der Waals surface area contributed by atoms with Crippen LogP contribution in [0.5, 0.6) is 0 Å². The second-order valence-corrected chi connectivity index (χ2v) is 6.04. The molecule has 3 aromatic rings. The number of aromatic nitrogens is 3. The van der Waals surface area contributed by atoms with E-state index < -0.39 is 16.8 Å². The van der Waals surface area contributed by atoms with E-state index in [-0.39, 0.29) is 10.9 Å². The third-order valence-corrected chi connectivity index (χ3v) is 3.98. The second kappa shape index (κ2) is 6.21. The first kappa shape index (κ1) is 15.2. The summed E-state index contributed by atoms with van der Waals surface area (Å²) in [6.45, 7) is 0. The van der Waals surface area contributed by atoms with Gasteiger partial charge in [0, 0.05) is 23.4 Å². The summed E-state index contributed by atoms with van der Waals surface area (Å²) in [7, 11) is -0.0227. The van der Waals surface area contributed by atoms with Gasteiger partial charge in [-0.05, 0) is 11.6 Å². The normalized spacial score (nSPS) is 12.1. The first-order valence-corrected chi connectivity index (χ1v) is 8.31. The summed E-state index contributed by atoms with van der Waals surface area (Å²) < 4.78 is 16.3. The summed E-state index contributed by atoms with van der Waals surface area (Å²) in [5, 5.41) is 0.832. The van der Waals surface area contributed by atoms with Gasteiger partial charge in [-0.25, -0.2) is 19.7 Å². The summed E-state index contributed by atoms with van der Waals surface area (Å²) >= 11 is 0. The van der Waals surface area contributed by atoms with E-state index in [0.29, 0.717) is 16.6 Å². The molecule has 0 N–H and O–H groups in total. The summed E-state index contributed by atoms with van der Waals surface area (Å²) in [6.07, 6.45) is 3.04. The average Bonchev–Trinajstić information content (AvgIpc) is 2.60. The molecule has 1 aromatic carbocycles. The topological polar surface area (TPSA) is 82.0 Å². The average molecular weight is 327 g/mol. The minimum Gasteiger partial charge on any atom is -0.464 e. The van der Waals surface area contributed by atoms with Gasteiger partial charge in [-0.1, -0.05) is 30.3 Å². The van der Waals surface area contributed by atoms with Gasteiger partial charge in [-0.2, -0.15) is 0 Å². The van der Waals surface area contributed by atoms with Crippen molar-refractivity contribution in [2.24, 2.45) is 0 Å². The van der Waals surface area contributed by atoms with Gasteiger partial charge >= 0.3 is 5.97 Å². The third kappa shape index (κ3) is 2.95. The third-order valence-electron chi connectivity index (χ3n) is 3.27. The van der Waals surface area contributed by atoms with Crippen LogP contribution in [-0.2, 0) is 15.5 Å². The predicted molar refractivity (Wildman–Crippen MR) is 86.4 cm³/mol. The second-order valence-electron chi connectivity index (χ2n) is 4.76. The Morgan fingerprint density at radius 3 is 2.57 bits per heavy atom. The van der Waals surface area contributed by atoms with Gasteiger partial charge in [0.25, 0.3) is 0 Å². The number of carbonyl (C=O) groups excluding carboxylic acids is 1. The van der Waals surface area contributed by atoms with Crippen molar-refractivity contribution in [1.29, 1.82) is 0 Å². The number of rotatable bonds is 3. The molecule has 116 valence electrons. The molecule has 0 bridgehead atoms. The van der Waals surface area contributed by atoms with E-state index in [9.17, 15) is 9.00 Å². The lowest BCUT2D eigenvalue weighted by molar-refractivity contribution is 0.0595. The Labute approximate surface area is 135 Å². The van der Waals surface area contributed by atoms with Crippen LogP contribution in [0.1, 0.15) is 10.5 Å². The van der Waals surface area contributed by atoms with Crippen LogP contribution < -0.4 is 0 Å². The van der Waals surface area contributed by atoms with E-state index >= 15 is 0 Å². The van der Waals surface area contributed by atoms with Crippen LogP contribution in [0, 0.1) is 0 Å². The van der Waals surface area contributed by atoms with Crippen LogP contribution in [0.25, 0.3) is 22.2 Å². The highest BCUT2D eigenvalue weighted by Gasteiger charge is 2.18. The van der Waals surface area contributed by atoms with Crippen molar-refractivity contribution >= 4 is 27.8 Å². The first-order chi connectivity index (χ1) is 11.1. The van der Waals surface area contributed by atoms with Crippen molar-refractivity contribution in [3.8, 4) is 11.1 Å². The molecule has 3 rings (SSSR count). The zero-order chi connectivity index (χ0) is 16.4. The summed E-state index contributed by atoms with van der Waals surface area (Å²) in [5.74, 6) is -0.552. The SMILES string of the molecule is COC(=O)c1nc2nc(S(C)=O)ncc2cc1-c1ccccc1. The van der Waals surface area contributed by atoms with Crippen LogP contribution >= 0.6 is 0 Å². The largest absolute Gasteiger partial charge is 0.464 e. The van der Waals surface area contributed by atoms with Crippen molar-refractivity contribution in [3.05, 3.63) is 48.3 Å². The molecular formula is C16H13N3O3S. The molecular weight excluding hydrogens is 314 g/mol. The Hall–Kier alpha value is -2.67. The van der Waals surface area contributed by atoms with E-state index in [1.165, 1.54) is 13.4 Å². The first-order valence-electron chi connectivity index (χ1n) is 6.75. The molecule has 0 amide bonds. The highest BCUT2D eigenvalue weighted by Crippen LogP contribution is 2.26. The summed E-state index contributed by atoms with van der Waals surface area (Å²) in [5.41, 5.74) is 1.95. The van der Waals surface area contributed by atoms with Crippen LogP contribution in [0.15, 0.2) is 47.8 Å². The van der Waals surface area contributed by atoms with Crippen molar-refractivity contribution in [3.63, 3.8) is 0 Å². The van der Waals surface area contributed by atoms with E-state index in [0.717, 1.165) is 5.56 Å². The molecule has 0 radical (unpaired) electrons. The minimum absolute atomic E-state index is 0.165.